The van der Waals surface area contributed by atoms with Crippen LogP contribution in [-0.4, -0.2) is 34.1 Å². The van der Waals surface area contributed by atoms with Gasteiger partial charge >= 0.3 is 0 Å². The minimum absolute atomic E-state index is 0.114. The molecule has 0 saturated carbocycles. The molecule has 1 rings (SSSR count). The fourth-order valence-electron chi connectivity index (χ4n) is 1.96. The fourth-order valence-corrected chi connectivity index (χ4v) is 3.82. The highest BCUT2D eigenvalue weighted by Crippen LogP contribution is 2.21. The van der Waals surface area contributed by atoms with E-state index in [9.17, 15) is 8.42 Å². The van der Waals surface area contributed by atoms with Crippen molar-refractivity contribution in [1.29, 1.82) is 0 Å². The summed E-state index contributed by atoms with van der Waals surface area (Å²) in [5.41, 5.74) is 0.931. The van der Waals surface area contributed by atoms with Gasteiger partial charge in [-0.1, -0.05) is 26.0 Å². The van der Waals surface area contributed by atoms with Crippen molar-refractivity contribution in [3.63, 3.8) is 0 Å². The quantitative estimate of drug-likeness (QED) is 0.801. The molecule has 114 valence electrons. The molecule has 0 fully saturated rings. The highest BCUT2D eigenvalue weighted by atomic mass is 32.2. The molecule has 1 atom stereocenters. The first-order valence-corrected chi connectivity index (χ1v) is 8.71. The lowest BCUT2D eigenvalue weighted by atomic mass is 10.1. The first kappa shape index (κ1) is 17.0. The average Bonchev–Trinajstić information content (AvgIpc) is 2.43. The van der Waals surface area contributed by atoms with Crippen molar-refractivity contribution >= 4 is 9.84 Å². The van der Waals surface area contributed by atoms with Crippen LogP contribution in [0.15, 0.2) is 24.3 Å². The Morgan fingerprint density at radius 1 is 1.30 bits per heavy atom. The van der Waals surface area contributed by atoms with E-state index in [-0.39, 0.29) is 17.5 Å². The van der Waals surface area contributed by atoms with Crippen molar-refractivity contribution in [2.45, 2.75) is 26.3 Å². The lowest BCUT2D eigenvalue weighted by Crippen LogP contribution is -2.27. The van der Waals surface area contributed by atoms with Crippen LogP contribution in [-0.2, 0) is 9.84 Å². The molecule has 0 aliphatic carbocycles. The first-order valence-electron chi connectivity index (χ1n) is 6.89. The first-order chi connectivity index (χ1) is 9.38. The van der Waals surface area contributed by atoms with Gasteiger partial charge in [0.2, 0.25) is 0 Å². The Labute approximate surface area is 122 Å². The van der Waals surface area contributed by atoms with Gasteiger partial charge in [-0.3, -0.25) is 0 Å². The number of benzene rings is 1. The molecule has 0 aromatic heterocycles. The third-order valence-electron chi connectivity index (χ3n) is 3.27. The minimum Gasteiger partial charge on any atom is -0.497 e. The zero-order chi connectivity index (χ0) is 15.2. The molecule has 5 heteroatoms. The average molecular weight is 299 g/mol. The predicted molar refractivity (Wildman–Crippen MR) is 82.9 cm³/mol. The molecular formula is C15H25NO3S. The number of hydrogen-bond acceptors (Lipinski definition) is 4. The maximum absolute atomic E-state index is 12.2. The summed E-state index contributed by atoms with van der Waals surface area (Å²) in [6.07, 6.45) is 0.705. The lowest BCUT2D eigenvalue weighted by Gasteiger charge is -2.18. The standard InChI is InChI=1S/C15H25NO3S/c1-12(2)8-9-20(17,18)11-15(16-3)13-6-5-7-14(10-13)19-4/h5-7,10,12,15-16H,8-9,11H2,1-4H3. The molecule has 0 bridgehead atoms. The summed E-state index contributed by atoms with van der Waals surface area (Å²) in [6, 6.07) is 7.31. The third-order valence-corrected chi connectivity index (χ3v) is 4.97. The van der Waals surface area contributed by atoms with Gasteiger partial charge in [0.25, 0.3) is 0 Å². The van der Waals surface area contributed by atoms with Gasteiger partial charge in [-0.2, -0.15) is 0 Å². The molecule has 0 aliphatic heterocycles. The van der Waals surface area contributed by atoms with Crippen LogP contribution in [0.1, 0.15) is 31.9 Å². The van der Waals surface area contributed by atoms with Crippen molar-refractivity contribution in [2.75, 3.05) is 25.7 Å². The van der Waals surface area contributed by atoms with E-state index in [0.717, 1.165) is 11.3 Å². The van der Waals surface area contributed by atoms with Gasteiger partial charge in [-0.25, -0.2) is 8.42 Å². The Kier molecular flexibility index (Phi) is 6.49. The maximum atomic E-state index is 12.2. The van der Waals surface area contributed by atoms with Crippen LogP contribution >= 0.6 is 0 Å². The van der Waals surface area contributed by atoms with E-state index in [1.54, 1.807) is 14.2 Å². The van der Waals surface area contributed by atoms with Gasteiger partial charge < -0.3 is 10.1 Å². The van der Waals surface area contributed by atoms with E-state index in [2.05, 4.69) is 5.32 Å². The number of methoxy groups -OCH3 is 1. The molecule has 0 amide bonds. The summed E-state index contributed by atoms with van der Waals surface area (Å²) in [7, 11) is 0.325. The second-order valence-electron chi connectivity index (χ2n) is 5.41. The molecule has 4 nitrogen and oxygen atoms in total. The van der Waals surface area contributed by atoms with Gasteiger partial charge in [0, 0.05) is 6.04 Å². The van der Waals surface area contributed by atoms with Crippen LogP contribution in [0.5, 0.6) is 5.75 Å². The Balaban J connectivity index is 2.80. The van der Waals surface area contributed by atoms with Crippen LogP contribution in [0.2, 0.25) is 0 Å². The third kappa shape index (κ3) is 5.51. The molecule has 1 unspecified atom stereocenters. The smallest absolute Gasteiger partial charge is 0.152 e. The molecule has 0 spiro atoms. The summed E-state index contributed by atoms with van der Waals surface area (Å²) in [4.78, 5) is 0. The summed E-state index contributed by atoms with van der Waals surface area (Å²) in [6.45, 7) is 4.07. The summed E-state index contributed by atoms with van der Waals surface area (Å²) < 4.78 is 29.5. The van der Waals surface area contributed by atoms with Crippen molar-refractivity contribution in [3.05, 3.63) is 29.8 Å². The van der Waals surface area contributed by atoms with Gasteiger partial charge in [0.15, 0.2) is 9.84 Å². The van der Waals surface area contributed by atoms with Crippen LogP contribution in [0.25, 0.3) is 0 Å². The largest absolute Gasteiger partial charge is 0.497 e. The topological polar surface area (TPSA) is 55.4 Å². The van der Waals surface area contributed by atoms with E-state index in [1.165, 1.54) is 0 Å². The summed E-state index contributed by atoms with van der Waals surface area (Å²) >= 11 is 0. The Bertz CT molecular complexity index is 512. The predicted octanol–water partition coefficient (Wildman–Crippen LogP) is 2.42. The molecule has 0 radical (unpaired) electrons. The normalized spacial score (nSPS) is 13.4. The maximum Gasteiger partial charge on any atom is 0.152 e. The fraction of sp³-hybridized carbons (Fsp3) is 0.600. The van der Waals surface area contributed by atoms with Gasteiger partial charge in [0.05, 0.1) is 18.6 Å². The summed E-state index contributed by atoms with van der Waals surface area (Å²) in [5.74, 6) is 1.49. The second kappa shape index (κ2) is 7.64. The van der Waals surface area contributed by atoms with E-state index >= 15 is 0 Å². The van der Waals surface area contributed by atoms with Gasteiger partial charge in [-0.05, 0) is 37.1 Å². The molecule has 20 heavy (non-hydrogen) atoms. The number of sulfone groups is 1. The molecule has 1 N–H and O–H groups in total. The van der Waals surface area contributed by atoms with Crippen LogP contribution < -0.4 is 10.1 Å². The number of nitrogens with one attached hydrogen (secondary N) is 1. The second-order valence-corrected chi connectivity index (χ2v) is 7.64. The van der Waals surface area contributed by atoms with Crippen molar-refractivity contribution in [1.82, 2.24) is 5.32 Å². The van der Waals surface area contributed by atoms with E-state index < -0.39 is 9.84 Å². The SMILES string of the molecule is CNC(CS(=O)(=O)CCC(C)C)c1cccc(OC)c1. The van der Waals surface area contributed by atoms with Crippen LogP contribution in [0.3, 0.4) is 0 Å². The minimum atomic E-state index is -3.06. The monoisotopic (exact) mass is 299 g/mol. The zero-order valence-electron chi connectivity index (χ0n) is 12.7. The van der Waals surface area contributed by atoms with Crippen molar-refractivity contribution in [2.24, 2.45) is 5.92 Å². The van der Waals surface area contributed by atoms with Crippen LogP contribution in [0, 0.1) is 5.92 Å². The molecular weight excluding hydrogens is 274 g/mol. The molecule has 0 heterocycles. The number of ether oxygens (including phenoxy) is 1. The molecule has 0 aliphatic rings. The van der Waals surface area contributed by atoms with Crippen molar-refractivity contribution < 1.29 is 13.2 Å². The van der Waals surface area contributed by atoms with E-state index in [4.69, 9.17) is 4.74 Å². The highest BCUT2D eigenvalue weighted by molar-refractivity contribution is 7.91. The van der Waals surface area contributed by atoms with Crippen molar-refractivity contribution in [3.8, 4) is 5.75 Å². The van der Waals surface area contributed by atoms with E-state index in [0.29, 0.717) is 12.3 Å². The highest BCUT2D eigenvalue weighted by Gasteiger charge is 2.20. The van der Waals surface area contributed by atoms with E-state index in [1.807, 2.05) is 38.1 Å². The molecule has 1 aromatic carbocycles. The van der Waals surface area contributed by atoms with Gasteiger partial charge in [0.1, 0.15) is 5.75 Å². The Morgan fingerprint density at radius 2 is 2.00 bits per heavy atom. The molecule has 0 saturated heterocycles. The molecule has 1 aromatic rings. The lowest BCUT2D eigenvalue weighted by molar-refractivity contribution is 0.413. The summed E-state index contributed by atoms with van der Waals surface area (Å²) in [5, 5.41) is 3.08. The zero-order valence-corrected chi connectivity index (χ0v) is 13.5. The van der Waals surface area contributed by atoms with Crippen LogP contribution in [0.4, 0.5) is 0 Å². The van der Waals surface area contributed by atoms with Gasteiger partial charge in [-0.15, -0.1) is 0 Å². The number of hydrogen-bond donors (Lipinski definition) is 1. The number of rotatable bonds is 8. The Hall–Kier alpha value is -1.07. The Morgan fingerprint density at radius 3 is 2.55 bits per heavy atom.